The van der Waals surface area contributed by atoms with Crippen molar-refractivity contribution < 1.29 is 13.6 Å². The van der Waals surface area contributed by atoms with Crippen LogP contribution in [-0.4, -0.2) is 19.0 Å². The number of rotatable bonds is 7. The van der Waals surface area contributed by atoms with Gasteiger partial charge in [0.1, 0.15) is 17.3 Å². The Morgan fingerprint density at radius 2 is 1.76 bits per heavy atom. The zero-order valence-electron chi connectivity index (χ0n) is 16.4. The molecule has 1 N–H and O–H groups in total. The Morgan fingerprint density at radius 3 is 2.52 bits per heavy atom. The van der Waals surface area contributed by atoms with Gasteiger partial charge in [-0.25, -0.2) is 4.39 Å². The summed E-state index contributed by atoms with van der Waals surface area (Å²) in [5, 5.41) is 2.95. The number of furan rings is 1. The van der Waals surface area contributed by atoms with Crippen LogP contribution in [0.4, 0.5) is 10.1 Å². The number of anilines is 1. The molecule has 0 radical (unpaired) electrons. The fourth-order valence-electron chi connectivity index (χ4n) is 3.64. The Labute approximate surface area is 170 Å². The van der Waals surface area contributed by atoms with E-state index in [1.807, 2.05) is 0 Å². The molecule has 29 heavy (non-hydrogen) atoms. The van der Waals surface area contributed by atoms with Crippen LogP contribution >= 0.6 is 0 Å². The van der Waals surface area contributed by atoms with Crippen molar-refractivity contribution >= 4 is 11.6 Å². The maximum absolute atomic E-state index is 13.8. The molecule has 0 saturated carbocycles. The van der Waals surface area contributed by atoms with E-state index in [4.69, 9.17) is 4.42 Å². The van der Waals surface area contributed by atoms with Gasteiger partial charge in [-0.05, 0) is 54.8 Å². The van der Waals surface area contributed by atoms with Crippen molar-refractivity contribution in [2.75, 3.05) is 18.0 Å². The van der Waals surface area contributed by atoms with E-state index in [0.717, 1.165) is 18.7 Å². The number of carbonyl (C=O) groups excluding carboxylic acids is 1. The predicted octanol–water partition coefficient (Wildman–Crippen LogP) is 4.93. The maximum Gasteiger partial charge on any atom is 0.220 e. The van der Waals surface area contributed by atoms with Crippen molar-refractivity contribution in [1.29, 1.82) is 0 Å². The molecule has 4 rings (SSSR count). The summed E-state index contributed by atoms with van der Waals surface area (Å²) in [6, 6.07) is 18.4. The molecule has 3 aromatic rings. The van der Waals surface area contributed by atoms with Crippen LogP contribution in [0.15, 0.2) is 65.1 Å². The first-order valence-electron chi connectivity index (χ1n) is 10.1. The Kier molecular flexibility index (Phi) is 5.94. The first-order valence-corrected chi connectivity index (χ1v) is 10.1. The molecule has 4 nitrogen and oxygen atoms in total. The molecule has 150 valence electrons. The highest BCUT2D eigenvalue weighted by molar-refractivity contribution is 5.76. The van der Waals surface area contributed by atoms with Gasteiger partial charge in [0.15, 0.2) is 0 Å². The van der Waals surface area contributed by atoms with E-state index in [1.54, 1.807) is 30.3 Å². The number of hydrogen-bond donors (Lipinski definition) is 1. The molecule has 1 saturated heterocycles. The van der Waals surface area contributed by atoms with Crippen molar-refractivity contribution in [2.24, 2.45) is 0 Å². The minimum Gasteiger partial charge on any atom is -0.461 e. The number of carbonyl (C=O) groups is 1. The second-order valence-electron chi connectivity index (χ2n) is 7.38. The van der Waals surface area contributed by atoms with Crippen LogP contribution < -0.4 is 10.2 Å². The number of hydrogen-bond acceptors (Lipinski definition) is 3. The third-order valence-corrected chi connectivity index (χ3v) is 5.30. The first kappa shape index (κ1) is 19.2. The molecular weight excluding hydrogens is 367 g/mol. The summed E-state index contributed by atoms with van der Waals surface area (Å²) in [5.41, 5.74) is 2.77. The number of nitrogens with one attached hydrogen (secondary N) is 1. The van der Waals surface area contributed by atoms with Crippen molar-refractivity contribution in [1.82, 2.24) is 5.32 Å². The molecular formula is C24H25FN2O2. The molecule has 1 aromatic heterocycles. The number of halogens is 1. The van der Waals surface area contributed by atoms with Crippen LogP contribution in [0.2, 0.25) is 0 Å². The minimum absolute atomic E-state index is 0.0301. The van der Waals surface area contributed by atoms with Gasteiger partial charge in [0.25, 0.3) is 0 Å². The predicted molar refractivity (Wildman–Crippen MR) is 112 cm³/mol. The van der Waals surface area contributed by atoms with Gasteiger partial charge in [-0.15, -0.1) is 0 Å². The number of benzene rings is 2. The Balaban J connectivity index is 1.25. The van der Waals surface area contributed by atoms with E-state index in [0.29, 0.717) is 36.5 Å². The summed E-state index contributed by atoms with van der Waals surface area (Å²) in [7, 11) is 0. The number of nitrogens with zero attached hydrogens (tertiary/aromatic N) is 1. The Morgan fingerprint density at radius 1 is 1.00 bits per heavy atom. The highest BCUT2D eigenvalue weighted by Crippen LogP contribution is 2.25. The molecule has 0 unspecified atom stereocenters. The number of aryl methyl sites for hydroxylation is 1. The van der Waals surface area contributed by atoms with Gasteiger partial charge >= 0.3 is 0 Å². The van der Waals surface area contributed by atoms with Gasteiger partial charge in [-0.1, -0.05) is 24.3 Å². The molecule has 0 atom stereocenters. The molecule has 2 heterocycles. The molecule has 5 heteroatoms. The van der Waals surface area contributed by atoms with E-state index >= 15 is 0 Å². The van der Waals surface area contributed by atoms with Gasteiger partial charge in [-0.3, -0.25) is 4.79 Å². The van der Waals surface area contributed by atoms with Crippen LogP contribution in [-0.2, 0) is 17.8 Å². The third kappa shape index (κ3) is 4.86. The van der Waals surface area contributed by atoms with Crippen LogP contribution in [0.3, 0.4) is 0 Å². The van der Waals surface area contributed by atoms with Crippen molar-refractivity contribution in [3.63, 3.8) is 0 Å². The normalized spacial score (nSPS) is 13.6. The lowest BCUT2D eigenvalue weighted by molar-refractivity contribution is -0.121. The Hall–Kier alpha value is -3.08. The fraction of sp³-hybridized carbons (Fsp3) is 0.292. The lowest BCUT2D eigenvalue weighted by atomic mass is 10.1. The average Bonchev–Trinajstić information content (AvgIpc) is 3.44. The highest BCUT2D eigenvalue weighted by atomic mass is 19.1. The first-order chi connectivity index (χ1) is 14.2. The van der Waals surface area contributed by atoms with Crippen molar-refractivity contribution in [3.05, 3.63) is 77.8 Å². The number of amides is 1. The standard InChI is InChI=1S/C24H25FN2O2/c25-22-6-2-1-5-21(22)23-13-11-20(29-23)12-14-24(28)26-17-18-7-9-19(10-8-18)27-15-3-4-16-27/h1-2,5-11,13H,3-4,12,14-17H2,(H,26,28). The summed E-state index contributed by atoms with van der Waals surface area (Å²) in [4.78, 5) is 14.6. The van der Waals surface area contributed by atoms with E-state index < -0.39 is 0 Å². The summed E-state index contributed by atoms with van der Waals surface area (Å²) in [6.07, 6.45) is 3.33. The van der Waals surface area contributed by atoms with Gasteiger partial charge < -0.3 is 14.6 Å². The van der Waals surface area contributed by atoms with Gasteiger partial charge in [0, 0.05) is 38.2 Å². The van der Waals surface area contributed by atoms with E-state index in [2.05, 4.69) is 34.5 Å². The van der Waals surface area contributed by atoms with Gasteiger partial charge in [0.2, 0.25) is 5.91 Å². The maximum atomic E-state index is 13.8. The molecule has 1 aliphatic heterocycles. The van der Waals surface area contributed by atoms with Crippen LogP contribution in [0.1, 0.15) is 30.6 Å². The topological polar surface area (TPSA) is 45.5 Å². The molecule has 0 bridgehead atoms. The quantitative estimate of drug-likeness (QED) is 0.620. The molecule has 1 aliphatic rings. The molecule has 2 aromatic carbocycles. The van der Waals surface area contributed by atoms with Crippen LogP contribution in [0.25, 0.3) is 11.3 Å². The minimum atomic E-state index is -0.318. The van der Waals surface area contributed by atoms with E-state index in [9.17, 15) is 9.18 Å². The second-order valence-corrected chi connectivity index (χ2v) is 7.38. The van der Waals surface area contributed by atoms with Crippen molar-refractivity contribution in [2.45, 2.75) is 32.2 Å². The van der Waals surface area contributed by atoms with Crippen molar-refractivity contribution in [3.8, 4) is 11.3 Å². The molecule has 0 aliphatic carbocycles. The SMILES string of the molecule is O=C(CCc1ccc(-c2ccccc2F)o1)NCc1ccc(N2CCCC2)cc1. The van der Waals surface area contributed by atoms with Gasteiger partial charge in [0.05, 0.1) is 5.56 Å². The van der Waals surface area contributed by atoms with Gasteiger partial charge in [-0.2, -0.15) is 0 Å². The monoisotopic (exact) mass is 392 g/mol. The zero-order chi connectivity index (χ0) is 20.1. The third-order valence-electron chi connectivity index (χ3n) is 5.30. The lowest BCUT2D eigenvalue weighted by Crippen LogP contribution is -2.23. The second kappa shape index (κ2) is 8.95. The summed E-state index contributed by atoms with van der Waals surface area (Å²) in [6.45, 7) is 2.76. The molecule has 1 amide bonds. The average molecular weight is 392 g/mol. The Bertz CT molecular complexity index is 959. The molecule has 0 spiro atoms. The summed E-state index contributed by atoms with van der Waals surface area (Å²) < 4.78 is 19.5. The fourth-order valence-corrected chi connectivity index (χ4v) is 3.64. The lowest BCUT2D eigenvalue weighted by Gasteiger charge is -2.17. The smallest absolute Gasteiger partial charge is 0.220 e. The van der Waals surface area contributed by atoms with Crippen LogP contribution in [0.5, 0.6) is 0 Å². The highest BCUT2D eigenvalue weighted by Gasteiger charge is 2.12. The summed E-state index contributed by atoms with van der Waals surface area (Å²) in [5.74, 6) is 0.810. The van der Waals surface area contributed by atoms with Crippen LogP contribution in [0, 0.1) is 5.82 Å². The largest absolute Gasteiger partial charge is 0.461 e. The molecule has 1 fully saturated rings. The summed E-state index contributed by atoms with van der Waals surface area (Å²) >= 11 is 0. The van der Waals surface area contributed by atoms with E-state index in [-0.39, 0.29) is 11.7 Å². The zero-order valence-corrected chi connectivity index (χ0v) is 16.4. The van der Waals surface area contributed by atoms with E-state index in [1.165, 1.54) is 24.6 Å².